The number of rotatable bonds is 5. The van der Waals surface area contributed by atoms with Crippen LogP contribution in [0.2, 0.25) is 0 Å². The Morgan fingerprint density at radius 2 is 1.79 bits per heavy atom. The first-order chi connectivity index (χ1) is 13.4. The first-order valence-electron chi connectivity index (χ1n) is 10.9. The van der Waals surface area contributed by atoms with Crippen LogP contribution >= 0.6 is 0 Å². The zero-order valence-corrected chi connectivity index (χ0v) is 17.7. The van der Waals surface area contributed by atoms with Gasteiger partial charge in [-0.1, -0.05) is 44.2 Å². The Balaban J connectivity index is 1.77. The van der Waals surface area contributed by atoms with Crippen molar-refractivity contribution < 1.29 is 9.90 Å². The van der Waals surface area contributed by atoms with Crippen LogP contribution in [-0.4, -0.2) is 72.7 Å². The van der Waals surface area contributed by atoms with Crippen LogP contribution in [0.15, 0.2) is 30.3 Å². The number of carbonyl (C=O) groups excluding carboxylic acids is 1. The van der Waals surface area contributed by atoms with E-state index in [-0.39, 0.29) is 29.4 Å². The predicted octanol–water partition coefficient (Wildman–Crippen LogP) is 2.25. The molecule has 1 saturated carbocycles. The quantitative estimate of drug-likeness (QED) is 0.761. The number of nitrogens with zero attached hydrogens (tertiary/aromatic N) is 2. The van der Waals surface area contributed by atoms with Gasteiger partial charge in [-0.3, -0.25) is 9.69 Å². The molecule has 2 N–H and O–H groups in total. The summed E-state index contributed by atoms with van der Waals surface area (Å²) in [4.78, 5) is 17.1. The molecule has 1 amide bonds. The lowest BCUT2D eigenvalue weighted by Gasteiger charge is -2.39. The molecule has 28 heavy (non-hydrogen) atoms. The molecule has 2 fully saturated rings. The van der Waals surface area contributed by atoms with Crippen molar-refractivity contribution >= 4 is 5.91 Å². The fourth-order valence-electron chi connectivity index (χ4n) is 4.76. The molecule has 3 atom stereocenters. The van der Waals surface area contributed by atoms with Gasteiger partial charge in [0.15, 0.2) is 0 Å². The normalized spacial score (nSPS) is 30.2. The van der Waals surface area contributed by atoms with Gasteiger partial charge in [-0.15, -0.1) is 0 Å². The Kier molecular flexibility index (Phi) is 7.13. The molecule has 1 aromatic rings. The van der Waals surface area contributed by atoms with Gasteiger partial charge in [0, 0.05) is 50.1 Å². The van der Waals surface area contributed by atoms with Crippen molar-refractivity contribution in [2.24, 2.45) is 5.92 Å². The van der Waals surface area contributed by atoms with Gasteiger partial charge >= 0.3 is 0 Å². The molecule has 1 heterocycles. The van der Waals surface area contributed by atoms with Gasteiger partial charge in [0.2, 0.25) is 5.91 Å². The third-order valence-corrected chi connectivity index (χ3v) is 6.80. The van der Waals surface area contributed by atoms with E-state index in [4.69, 9.17) is 0 Å². The Hall–Kier alpha value is -1.43. The number of benzene rings is 1. The summed E-state index contributed by atoms with van der Waals surface area (Å²) >= 11 is 0. The maximum atomic E-state index is 12.3. The van der Waals surface area contributed by atoms with E-state index in [2.05, 4.69) is 46.4 Å². The van der Waals surface area contributed by atoms with Crippen molar-refractivity contribution in [1.29, 1.82) is 0 Å². The number of aliphatic hydroxyl groups is 1. The number of amides is 1. The molecule has 1 aliphatic heterocycles. The van der Waals surface area contributed by atoms with E-state index in [1.807, 2.05) is 19.9 Å². The molecule has 3 rings (SSSR count). The van der Waals surface area contributed by atoms with Crippen LogP contribution in [0, 0.1) is 5.92 Å². The number of hydrogen-bond donors (Lipinski definition) is 2. The topological polar surface area (TPSA) is 55.8 Å². The highest BCUT2D eigenvalue weighted by atomic mass is 16.3. The second-order valence-electron chi connectivity index (χ2n) is 9.07. The SMILES string of the molecule is CC(C)C(=O)NC[C@@]1(c2ccccc2)CC[C@H](O)[C@@H](N2CCN(C)CC2)CC1. The monoisotopic (exact) mass is 387 g/mol. The van der Waals surface area contributed by atoms with E-state index in [0.29, 0.717) is 6.54 Å². The maximum Gasteiger partial charge on any atom is 0.222 e. The molecule has 0 unspecified atom stereocenters. The van der Waals surface area contributed by atoms with Crippen LogP contribution in [0.5, 0.6) is 0 Å². The summed E-state index contributed by atoms with van der Waals surface area (Å²) in [5.74, 6) is 0.0954. The van der Waals surface area contributed by atoms with Crippen molar-refractivity contribution in [3.63, 3.8) is 0 Å². The molecule has 1 saturated heterocycles. The van der Waals surface area contributed by atoms with Crippen molar-refractivity contribution in [3.8, 4) is 0 Å². The summed E-state index contributed by atoms with van der Waals surface area (Å²) in [5, 5.41) is 14.2. The molecule has 0 aromatic heterocycles. The summed E-state index contributed by atoms with van der Waals surface area (Å²) in [6, 6.07) is 10.8. The largest absolute Gasteiger partial charge is 0.391 e. The third kappa shape index (κ3) is 4.94. The average Bonchev–Trinajstić information content (AvgIpc) is 2.87. The van der Waals surface area contributed by atoms with Gasteiger partial charge in [-0.25, -0.2) is 0 Å². The fraction of sp³-hybridized carbons (Fsp3) is 0.696. The highest BCUT2D eigenvalue weighted by Gasteiger charge is 2.40. The lowest BCUT2D eigenvalue weighted by Crippen LogP contribution is -2.52. The summed E-state index contributed by atoms with van der Waals surface area (Å²) in [7, 11) is 2.17. The van der Waals surface area contributed by atoms with Crippen LogP contribution in [0.4, 0.5) is 0 Å². The van der Waals surface area contributed by atoms with Crippen molar-refractivity contribution in [3.05, 3.63) is 35.9 Å². The second kappa shape index (κ2) is 9.38. The average molecular weight is 388 g/mol. The van der Waals surface area contributed by atoms with E-state index >= 15 is 0 Å². The minimum absolute atomic E-state index is 0.0118. The summed E-state index contributed by atoms with van der Waals surface area (Å²) in [6.07, 6.45) is 3.35. The smallest absolute Gasteiger partial charge is 0.222 e. The van der Waals surface area contributed by atoms with E-state index in [0.717, 1.165) is 51.9 Å². The Morgan fingerprint density at radius 3 is 2.43 bits per heavy atom. The molecular weight excluding hydrogens is 350 g/mol. The lowest BCUT2D eigenvalue weighted by atomic mass is 9.74. The third-order valence-electron chi connectivity index (χ3n) is 6.80. The summed E-state index contributed by atoms with van der Waals surface area (Å²) in [5.41, 5.74) is 1.18. The zero-order chi connectivity index (χ0) is 20.1. The van der Waals surface area contributed by atoms with Gasteiger partial charge in [-0.05, 0) is 38.3 Å². The minimum Gasteiger partial charge on any atom is -0.391 e. The van der Waals surface area contributed by atoms with Crippen LogP contribution < -0.4 is 5.32 Å². The highest BCUT2D eigenvalue weighted by molar-refractivity contribution is 5.77. The number of nitrogens with one attached hydrogen (secondary N) is 1. The van der Waals surface area contributed by atoms with Crippen LogP contribution in [-0.2, 0) is 10.2 Å². The van der Waals surface area contributed by atoms with Crippen molar-refractivity contribution in [1.82, 2.24) is 15.1 Å². The molecule has 1 aromatic carbocycles. The molecule has 0 radical (unpaired) electrons. The fourth-order valence-corrected chi connectivity index (χ4v) is 4.76. The lowest BCUT2D eigenvalue weighted by molar-refractivity contribution is -0.124. The number of carbonyl (C=O) groups is 1. The molecule has 156 valence electrons. The Morgan fingerprint density at radius 1 is 1.14 bits per heavy atom. The number of piperazine rings is 1. The van der Waals surface area contributed by atoms with Gasteiger partial charge in [-0.2, -0.15) is 0 Å². The second-order valence-corrected chi connectivity index (χ2v) is 9.07. The highest BCUT2D eigenvalue weighted by Crippen LogP contribution is 2.39. The molecule has 5 nitrogen and oxygen atoms in total. The standard InChI is InChI=1S/C23H37N3O2/c1-18(2)22(28)24-17-23(19-7-5-4-6-8-19)11-9-20(21(27)10-12-23)26-15-13-25(3)14-16-26/h4-8,18,20-21,27H,9-17H2,1-3H3,(H,24,28)/t20-,21-,23-/m0/s1. The Bertz CT molecular complexity index is 628. The van der Waals surface area contributed by atoms with E-state index in [9.17, 15) is 9.90 Å². The van der Waals surface area contributed by atoms with Gasteiger partial charge in [0.25, 0.3) is 0 Å². The predicted molar refractivity (Wildman–Crippen MR) is 113 cm³/mol. The minimum atomic E-state index is -0.296. The van der Waals surface area contributed by atoms with Crippen LogP contribution in [0.1, 0.15) is 45.1 Å². The van der Waals surface area contributed by atoms with E-state index < -0.39 is 0 Å². The van der Waals surface area contributed by atoms with Crippen molar-refractivity contribution in [2.75, 3.05) is 39.8 Å². The maximum absolute atomic E-state index is 12.3. The summed E-state index contributed by atoms with van der Waals surface area (Å²) in [6.45, 7) is 8.71. The van der Waals surface area contributed by atoms with Crippen LogP contribution in [0.3, 0.4) is 0 Å². The zero-order valence-electron chi connectivity index (χ0n) is 17.7. The molecule has 1 aliphatic carbocycles. The van der Waals surface area contributed by atoms with Gasteiger partial charge in [0.1, 0.15) is 0 Å². The molecule has 5 heteroatoms. The van der Waals surface area contributed by atoms with Gasteiger partial charge < -0.3 is 15.3 Å². The summed E-state index contributed by atoms with van der Waals surface area (Å²) < 4.78 is 0. The van der Waals surface area contributed by atoms with Crippen LogP contribution in [0.25, 0.3) is 0 Å². The molecule has 0 bridgehead atoms. The van der Waals surface area contributed by atoms with Crippen molar-refractivity contribution in [2.45, 2.75) is 57.1 Å². The number of hydrogen-bond acceptors (Lipinski definition) is 4. The Labute approximate surface area is 170 Å². The molecule has 0 spiro atoms. The van der Waals surface area contributed by atoms with E-state index in [1.54, 1.807) is 0 Å². The number of aliphatic hydroxyl groups excluding tert-OH is 1. The molecule has 2 aliphatic rings. The first kappa shape index (κ1) is 21.3. The van der Waals surface area contributed by atoms with E-state index in [1.165, 1.54) is 5.56 Å². The molecular formula is C23H37N3O2. The number of likely N-dealkylation sites (N-methyl/N-ethyl adjacent to an activating group) is 1. The first-order valence-corrected chi connectivity index (χ1v) is 10.9. The van der Waals surface area contributed by atoms with Gasteiger partial charge in [0.05, 0.1) is 6.10 Å².